The van der Waals surface area contributed by atoms with Crippen molar-refractivity contribution in [3.63, 3.8) is 0 Å². The lowest BCUT2D eigenvalue weighted by atomic mass is 10.1. The number of aromatic nitrogens is 4. The number of carbonyl (C=O) groups is 1. The lowest BCUT2D eigenvalue weighted by molar-refractivity contribution is -0.115. The van der Waals surface area contributed by atoms with Crippen molar-refractivity contribution in [2.24, 2.45) is 0 Å². The number of hydrogen-bond acceptors (Lipinski definition) is 6. The molecule has 1 N–H and O–H groups in total. The molecule has 1 unspecified atom stereocenters. The summed E-state index contributed by atoms with van der Waals surface area (Å²) in [4.78, 5) is 17.4. The number of carbonyl (C=O) groups excluding carboxylic acids is 1. The second-order valence-electron chi connectivity index (χ2n) is 7.60. The molecule has 33 heavy (non-hydrogen) atoms. The van der Waals surface area contributed by atoms with E-state index in [1.807, 2.05) is 60.0 Å². The zero-order valence-corrected chi connectivity index (χ0v) is 19.8. The highest BCUT2D eigenvalue weighted by atomic mass is 32.2. The molecule has 7 nitrogen and oxygen atoms in total. The Bertz CT molecular complexity index is 1270. The van der Waals surface area contributed by atoms with Gasteiger partial charge in [0.1, 0.15) is 11.4 Å². The first kappa shape index (κ1) is 22.5. The molecule has 0 spiro atoms. The first-order chi connectivity index (χ1) is 16.0. The van der Waals surface area contributed by atoms with Gasteiger partial charge in [0, 0.05) is 6.20 Å². The predicted molar refractivity (Wildman–Crippen MR) is 131 cm³/mol. The van der Waals surface area contributed by atoms with Gasteiger partial charge < -0.3 is 10.1 Å². The standard InChI is InChI=1S/C25H25N5O2S/c1-16-12-13-21(17(2)15-16)30-23(20-10-7-8-14-26-20)28-29-25(30)33-18(3)24(31)27-19-9-5-6-11-22(19)32-4/h5-15,18H,1-4H3,(H,27,31). The Labute approximate surface area is 197 Å². The van der Waals surface area contributed by atoms with Crippen LogP contribution in [0.15, 0.2) is 72.0 Å². The normalized spacial score (nSPS) is 11.8. The van der Waals surface area contributed by atoms with Crippen LogP contribution in [0.3, 0.4) is 0 Å². The lowest BCUT2D eigenvalue weighted by Crippen LogP contribution is -2.23. The highest BCUT2D eigenvalue weighted by molar-refractivity contribution is 8.00. The molecule has 0 saturated carbocycles. The molecule has 0 bridgehead atoms. The Morgan fingerprint density at radius 2 is 1.85 bits per heavy atom. The number of nitrogens with one attached hydrogen (secondary N) is 1. The minimum atomic E-state index is -0.430. The fourth-order valence-electron chi connectivity index (χ4n) is 3.47. The maximum Gasteiger partial charge on any atom is 0.237 e. The quantitative estimate of drug-likeness (QED) is 0.389. The number of methoxy groups -OCH3 is 1. The Balaban J connectivity index is 1.67. The molecule has 2 heterocycles. The first-order valence-corrected chi connectivity index (χ1v) is 11.4. The van der Waals surface area contributed by atoms with E-state index >= 15 is 0 Å². The van der Waals surface area contributed by atoms with Crippen LogP contribution in [0.4, 0.5) is 5.69 Å². The molecule has 4 rings (SSSR count). The predicted octanol–water partition coefficient (Wildman–Crippen LogP) is 5.07. The summed E-state index contributed by atoms with van der Waals surface area (Å²) in [7, 11) is 1.58. The van der Waals surface area contributed by atoms with Crippen LogP contribution in [0.2, 0.25) is 0 Å². The number of ether oxygens (including phenoxy) is 1. The molecule has 8 heteroatoms. The summed E-state index contributed by atoms with van der Waals surface area (Å²) >= 11 is 1.34. The summed E-state index contributed by atoms with van der Waals surface area (Å²) in [5, 5.41) is 12.0. The molecule has 2 aromatic carbocycles. The summed E-state index contributed by atoms with van der Waals surface area (Å²) in [6.45, 7) is 5.95. The van der Waals surface area contributed by atoms with E-state index in [0.29, 0.717) is 28.1 Å². The number of rotatable bonds is 7. The summed E-state index contributed by atoms with van der Waals surface area (Å²) in [6, 6.07) is 19.2. The van der Waals surface area contributed by atoms with E-state index in [2.05, 4.69) is 46.5 Å². The van der Waals surface area contributed by atoms with Crippen molar-refractivity contribution in [1.29, 1.82) is 0 Å². The van der Waals surface area contributed by atoms with Crippen LogP contribution < -0.4 is 10.1 Å². The summed E-state index contributed by atoms with van der Waals surface area (Å²) in [5.74, 6) is 1.08. The molecule has 4 aromatic rings. The van der Waals surface area contributed by atoms with Gasteiger partial charge in [-0.2, -0.15) is 0 Å². The zero-order valence-electron chi connectivity index (χ0n) is 18.9. The van der Waals surface area contributed by atoms with E-state index in [-0.39, 0.29) is 5.91 Å². The van der Waals surface area contributed by atoms with Crippen LogP contribution in [-0.4, -0.2) is 38.0 Å². The molecule has 0 saturated heterocycles. The number of anilines is 1. The third kappa shape index (κ3) is 4.90. The number of pyridine rings is 1. The number of amides is 1. The van der Waals surface area contributed by atoms with Gasteiger partial charge in [-0.15, -0.1) is 10.2 Å². The fraction of sp³-hybridized carbons (Fsp3) is 0.200. The number of thioether (sulfide) groups is 1. The van der Waals surface area contributed by atoms with Gasteiger partial charge in [-0.1, -0.05) is 47.7 Å². The average Bonchev–Trinajstić information content (AvgIpc) is 3.23. The van der Waals surface area contributed by atoms with Crippen molar-refractivity contribution in [3.05, 3.63) is 78.0 Å². The molecule has 0 fully saturated rings. The first-order valence-electron chi connectivity index (χ1n) is 10.5. The fourth-order valence-corrected chi connectivity index (χ4v) is 4.33. The topological polar surface area (TPSA) is 81.9 Å². The molecular formula is C25H25N5O2S. The Kier molecular flexibility index (Phi) is 6.74. The van der Waals surface area contributed by atoms with Crippen molar-refractivity contribution < 1.29 is 9.53 Å². The molecule has 0 aliphatic carbocycles. The van der Waals surface area contributed by atoms with E-state index in [9.17, 15) is 4.79 Å². The van der Waals surface area contributed by atoms with Gasteiger partial charge in [0.2, 0.25) is 5.91 Å². The smallest absolute Gasteiger partial charge is 0.237 e. The van der Waals surface area contributed by atoms with Crippen molar-refractivity contribution >= 4 is 23.4 Å². The lowest BCUT2D eigenvalue weighted by Gasteiger charge is -2.16. The van der Waals surface area contributed by atoms with Gasteiger partial charge in [0.15, 0.2) is 11.0 Å². The zero-order chi connectivity index (χ0) is 23.4. The number of benzene rings is 2. The highest BCUT2D eigenvalue weighted by Gasteiger charge is 2.23. The van der Waals surface area contributed by atoms with Gasteiger partial charge in [-0.3, -0.25) is 14.3 Å². The monoisotopic (exact) mass is 459 g/mol. The summed E-state index contributed by atoms with van der Waals surface area (Å²) in [5.41, 5.74) is 4.54. The van der Waals surface area contributed by atoms with Gasteiger partial charge in [-0.05, 0) is 56.7 Å². The Hall–Kier alpha value is -3.65. The van der Waals surface area contributed by atoms with Gasteiger partial charge in [0.05, 0.1) is 23.7 Å². The van der Waals surface area contributed by atoms with E-state index in [1.165, 1.54) is 17.3 Å². The number of nitrogens with zero attached hydrogens (tertiary/aromatic N) is 4. The van der Waals surface area contributed by atoms with Crippen LogP contribution in [0.25, 0.3) is 17.2 Å². The highest BCUT2D eigenvalue weighted by Crippen LogP contribution is 2.32. The second-order valence-corrected chi connectivity index (χ2v) is 8.90. The van der Waals surface area contributed by atoms with Crippen LogP contribution in [0, 0.1) is 13.8 Å². The summed E-state index contributed by atoms with van der Waals surface area (Å²) in [6.07, 6.45) is 1.73. The third-order valence-corrected chi connectivity index (χ3v) is 6.18. The molecule has 0 radical (unpaired) electrons. The molecule has 168 valence electrons. The number of aryl methyl sites for hydroxylation is 2. The average molecular weight is 460 g/mol. The van der Waals surface area contributed by atoms with Crippen LogP contribution in [0.1, 0.15) is 18.1 Å². The van der Waals surface area contributed by atoms with Crippen molar-refractivity contribution in [3.8, 4) is 23.0 Å². The van der Waals surface area contributed by atoms with Crippen molar-refractivity contribution in [1.82, 2.24) is 19.7 Å². The summed E-state index contributed by atoms with van der Waals surface area (Å²) < 4.78 is 7.31. The van der Waals surface area contributed by atoms with Gasteiger partial charge >= 0.3 is 0 Å². The number of hydrogen-bond donors (Lipinski definition) is 1. The third-order valence-electron chi connectivity index (χ3n) is 5.14. The van der Waals surface area contributed by atoms with Crippen LogP contribution in [0.5, 0.6) is 5.75 Å². The SMILES string of the molecule is COc1ccccc1NC(=O)C(C)Sc1nnc(-c2ccccn2)n1-c1ccc(C)cc1C. The molecule has 0 aliphatic heterocycles. The minimum absolute atomic E-state index is 0.154. The molecule has 2 aromatic heterocycles. The van der Waals surface area contributed by atoms with E-state index in [1.54, 1.807) is 13.3 Å². The Morgan fingerprint density at radius 1 is 1.06 bits per heavy atom. The van der Waals surface area contributed by atoms with Crippen LogP contribution >= 0.6 is 11.8 Å². The maximum absolute atomic E-state index is 13.0. The van der Waals surface area contributed by atoms with Crippen LogP contribution in [-0.2, 0) is 4.79 Å². The van der Waals surface area contributed by atoms with Gasteiger partial charge in [-0.25, -0.2) is 0 Å². The van der Waals surface area contributed by atoms with Crippen molar-refractivity contribution in [2.45, 2.75) is 31.2 Å². The molecule has 1 atom stereocenters. The number of para-hydroxylation sites is 2. The maximum atomic E-state index is 13.0. The Morgan fingerprint density at radius 3 is 2.58 bits per heavy atom. The minimum Gasteiger partial charge on any atom is -0.495 e. The van der Waals surface area contributed by atoms with Gasteiger partial charge in [0.25, 0.3) is 0 Å². The van der Waals surface area contributed by atoms with E-state index in [4.69, 9.17) is 4.74 Å². The molecule has 1 amide bonds. The molecular weight excluding hydrogens is 434 g/mol. The van der Waals surface area contributed by atoms with E-state index < -0.39 is 5.25 Å². The van der Waals surface area contributed by atoms with Crippen molar-refractivity contribution in [2.75, 3.05) is 12.4 Å². The second kappa shape index (κ2) is 9.87. The van der Waals surface area contributed by atoms with E-state index in [0.717, 1.165) is 11.3 Å². The molecule has 0 aliphatic rings. The largest absolute Gasteiger partial charge is 0.495 e.